The Labute approximate surface area is 78.6 Å². The maximum Gasteiger partial charge on any atom is 0.407 e. The lowest BCUT2D eigenvalue weighted by molar-refractivity contribution is 0.144. The van der Waals surface area contributed by atoms with Gasteiger partial charge in [-0.05, 0) is 12.1 Å². The molecule has 0 unspecified atom stereocenters. The van der Waals surface area contributed by atoms with E-state index in [0.717, 1.165) is 17.0 Å². The van der Waals surface area contributed by atoms with Gasteiger partial charge in [-0.3, -0.25) is 4.90 Å². The predicted molar refractivity (Wildman–Crippen MR) is 43.6 cm³/mol. The second-order valence-corrected chi connectivity index (χ2v) is 3.12. The Morgan fingerprint density at radius 1 is 1.21 bits per heavy atom. The van der Waals surface area contributed by atoms with Crippen LogP contribution in [0.25, 0.3) is 0 Å². The first-order valence-electron chi connectivity index (χ1n) is 4.03. The molecule has 1 N–H and O–H groups in total. The number of halogens is 2. The van der Waals surface area contributed by atoms with Crippen LogP contribution in [0, 0.1) is 11.6 Å². The van der Waals surface area contributed by atoms with Crippen LogP contribution in [0.2, 0.25) is 0 Å². The number of nitrogens with zero attached hydrogens (tertiary/aromatic N) is 1. The second kappa shape index (κ2) is 2.94. The third kappa shape index (κ3) is 1.21. The monoisotopic (exact) mass is 199 g/mol. The summed E-state index contributed by atoms with van der Waals surface area (Å²) in [6.07, 6.45) is -1.17. The van der Waals surface area contributed by atoms with Gasteiger partial charge in [-0.15, -0.1) is 0 Å². The molecule has 1 amide bonds. The van der Waals surface area contributed by atoms with Crippen molar-refractivity contribution in [2.75, 3.05) is 0 Å². The molecule has 0 bridgehead atoms. The van der Waals surface area contributed by atoms with Crippen LogP contribution < -0.4 is 0 Å². The van der Waals surface area contributed by atoms with Crippen LogP contribution in [0.5, 0.6) is 0 Å². The molecule has 1 aliphatic heterocycles. The SMILES string of the molecule is O=C(O)N1Cc2c(F)ccc(F)c2C1. The van der Waals surface area contributed by atoms with Gasteiger partial charge in [-0.25, -0.2) is 13.6 Å². The first-order valence-corrected chi connectivity index (χ1v) is 4.03. The van der Waals surface area contributed by atoms with E-state index in [1.54, 1.807) is 0 Å². The Kier molecular flexibility index (Phi) is 1.87. The Balaban J connectivity index is 2.43. The average Bonchev–Trinajstić information content (AvgIpc) is 2.57. The zero-order valence-electron chi connectivity index (χ0n) is 7.13. The molecule has 0 aliphatic carbocycles. The molecule has 0 atom stereocenters. The van der Waals surface area contributed by atoms with E-state index in [0.29, 0.717) is 0 Å². The van der Waals surface area contributed by atoms with Crippen LogP contribution in [-0.2, 0) is 13.1 Å². The van der Waals surface area contributed by atoms with Crippen molar-refractivity contribution in [1.82, 2.24) is 4.90 Å². The van der Waals surface area contributed by atoms with Gasteiger partial charge >= 0.3 is 6.09 Å². The molecule has 0 spiro atoms. The van der Waals surface area contributed by atoms with Crippen molar-refractivity contribution < 1.29 is 18.7 Å². The van der Waals surface area contributed by atoms with Gasteiger partial charge in [0.15, 0.2) is 0 Å². The Bertz CT molecular complexity index is 375. The number of hydrogen-bond acceptors (Lipinski definition) is 1. The first kappa shape index (κ1) is 8.93. The van der Waals surface area contributed by atoms with E-state index in [1.165, 1.54) is 0 Å². The van der Waals surface area contributed by atoms with Gasteiger partial charge in [0.1, 0.15) is 11.6 Å². The maximum absolute atomic E-state index is 13.1. The molecule has 0 aromatic heterocycles. The first-order chi connectivity index (χ1) is 6.59. The van der Waals surface area contributed by atoms with E-state index in [1.807, 2.05) is 0 Å². The summed E-state index contributed by atoms with van der Waals surface area (Å²) in [5.41, 5.74) is 0.291. The van der Waals surface area contributed by atoms with Gasteiger partial charge in [-0.1, -0.05) is 0 Å². The number of carbonyl (C=O) groups is 1. The van der Waals surface area contributed by atoms with Crippen LogP contribution in [0.15, 0.2) is 12.1 Å². The minimum atomic E-state index is -1.17. The summed E-state index contributed by atoms with van der Waals surface area (Å²) in [6.45, 7) is -0.150. The van der Waals surface area contributed by atoms with Crippen molar-refractivity contribution in [2.24, 2.45) is 0 Å². The minimum absolute atomic E-state index is 0.0751. The van der Waals surface area contributed by atoms with E-state index in [9.17, 15) is 13.6 Å². The predicted octanol–water partition coefficient (Wildman–Crippen LogP) is 1.96. The van der Waals surface area contributed by atoms with Gasteiger partial charge in [0.25, 0.3) is 0 Å². The van der Waals surface area contributed by atoms with E-state index >= 15 is 0 Å². The molecule has 5 heteroatoms. The highest BCUT2D eigenvalue weighted by Gasteiger charge is 2.27. The fourth-order valence-corrected chi connectivity index (χ4v) is 1.55. The Morgan fingerprint density at radius 3 is 2.00 bits per heavy atom. The third-order valence-corrected chi connectivity index (χ3v) is 2.29. The van der Waals surface area contributed by atoms with Gasteiger partial charge in [0, 0.05) is 11.1 Å². The molecular formula is C9H7F2NO2. The van der Waals surface area contributed by atoms with Crippen LogP contribution >= 0.6 is 0 Å². The lowest BCUT2D eigenvalue weighted by Gasteiger charge is -2.08. The maximum atomic E-state index is 13.1. The van der Waals surface area contributed by atoms with Crippen LogP contribution in [0.1, 0.15) is 11.1 Å². The number of rotatable bonds is 0. The van der Waals surface area contributed by atoms with E-state index < -0.39 is 17.7 Å². The molecule has 0 radical (unpaired) electrons. The molecular weight excluding hydrogens is 192 g/mol. The minimum Gasteiger partial charge on any atom is -0.465 e. The Morgan fingerprint density at radius 2 is 1.64 bits per heavy atom. The summed E-state index contributed by atoms with van der Waals surface area (Å²) < 4.78 is 26.2. The molecule has 1 heterocycles. The number of fused-ring (bicyclic) bond motifs is 1. The van der Waals surface area contributed by atoms with Crippen molar-refractivity contribution >= 4 is 6.09 Å². The molecule has 0 saturated carbocycles. The summed E-state index contributed by atoms with van der Waals surface area (Å²) in [5, 5.41) is 8.65. The van der Waals surface area contributed by atoms with Crippen LogP contribution in [0.4, 0.5) is 13.6 Å². The van der Waals surface area contributed by atoms with Crippen molar-refractivity contribution in [3.8, 4) is 0 Å². The van der Waals surface area contributed by atoms with Crippen molar-refractivity contribution in [2.45, 2.75) is 13.1 Å². The van der Waals surface area contributed by atoms with E-state index in [2.05, 4.69) is 0 Å². The van der Waals surface area contributed by atoms with Crippen LogP contribution in [0.3, 0.4) is 0 Å². The van der Waals surface area contributed by atoms with E-state index in [-0.39, 0.29) is 24.2 Å². The van der Waals surface area contributed by atoms with Crippen molar-refractivity contribution in [3.05, 3.63) is 34.9 Å². The smallest absolute Gasteiger partial charge is 0.407 e. The van der Waals surface area contributed by atoms with Gasteiger partial charge in [0.2, 0.25) is 0 Å². The van der Waals surface area contributed by atoms with Gasteiger partial charge in [0.05, 0.1) is 13.1 Å². The molecule has 3 nitrogen and oxygen atoms in total. The molecule has 1 aliphatic rings. The molecule has 0 fully saturated rings. The average molecular weight is 199 g/mol. The van der Waals surface area contributed by atoms with E-state index in [4.69, 9.17) is 5.11 Å². The lowest BCUT2D eigenvalue weighted by Crippen LogP contribution is -2.22. The normalized spacial score (nSPS) is 14.3. The number of benzene rings is 1. The number of amides is 1. The highest BCUT2D eigenvalue weighted by atomic mass is 19.1. The summed E-state index contributed by atoms with van der Waals surface area (Å²) in [5.74, 6) is -1.10. The largest absolute Gasteiger partial charge is 0.465 e. The lowest BCUT2D eigenvalue weighted by atomic mass is 10.1. The summed E-state index contributed by atoms with van der Waals surface area (Å²) in [6, 6.07) is 2.03. The quantitative estimate of drug-likeness (QED) is 0.693. The van der Waals surface area contributed by atoms with Crippen LogP contribution in [-0.4, -0.2) is 16.1 Å². The Hall–Kier alpha value is -1.65. The molecule has 0 saturated heterocycles. The summed E-state index contributed by atoms with van der Waals surface area (Å²) >= 11 is 0. The number of hydrogen-bond donors (Lipinski definition) is 1. The third-order valence-electron chi connectivity index (χ3n) is 2.29. The molecule has 1 aromatic carbocycles. The molecule has 74 valence electrons. The van der Waals surface area contributed by atoms with Gasteiger partial charge < -0.3 is 5.11 Å². The molecule has 2 rings (SSSR count). The molecule has 1 aromatic rings. The highest BCUT2D eigenvalue weighted by molar-refractivity contribution is 5.66. The summed E-state index contributed by atoms with van der Waals surface area (Å²) in [7, 11) is 0. The second-order valence-electron chi connectivity index (χ2n) is 3.12. The fraction of sp³-hybridized carbons (Fsp3) is 0.222. The fourth-order valence-electron chi connectivity index (χ4n) is 1.55. The topological polar surface area (TPSA) is 40.5 Å². The standard InChI is InChI=1S/C9H7F2NO2/c10-7-1-2-8(11)6-4-12(9(13)14)3-5(6)7/h1-2H,3-4H2,(H,13,14). The summed E-state index contributed by atoms with van der Waals surface area (Å²) in [4.78, 5) is 11.5. The van der Waals surface area contributed by atoms with Crippen molar-refractivity contribution in [1.29, 1.82) is 0 Å². The zero-order chi connectivity index (χ0) is 10.3. The van der Waals surface area contributed by atoms with Crippen molar-refractivity contribution in [3.63, 3.8) is 0 Å². The highest BCUT2D eigenvalue weighted by Crippen LogP contribution is 2.27. The zero-order valence-corrected chi connectivity index (χ0v) is 7.13. The van der Waals surface area contributed by atoms with Gasteiger partial charge in [-0.2, -0.15) is 0 Å². The number of carboxylic acid groups (broad SMARTS) is 1. The molecule has 14 heavy (non-hydrogen) atoms.